The molecule has 0 amide bonds. The highest BCUT2D eigenvalue weighted by molar-refractivity contribution is 5.91. The summed E-state index contributed by atoms with van der Waals surface area (Å²) in [6.45, 7) is 3.91. The lowest BCUT2D eigenvalue weighted by molar-refractivity contribution is 0.0944. The van der Waals surface area contributed by atoms with Crippen LogP contribution in [0.2, 0.25) is 0 Å². The van der Waals surface area contributed by atoms with E-state index in [0.29, 0.717) is 5.82 Å². The van der Waals surface area contributed by atoms with Crippen molar-refractivity contribution in [2.24, 2.45) is 5.16 Å². The lowest BCUT2D eigenvalue weighted by atomic mass is 10.1. The van der Waals surface area contributed by atoms with Gasteiger partial charge in [0.15, 0.2) is 11.5 Å². The van der Waals surface area contributed by atoms with E-state index in [1.165, 1.54) is 0 Å². The van der Waals surface area contributed by atoms with Crippen molar-refractivity contribution in [3.05, 3.63) is 31.0 Å². The molecule has 8 nitrogen and oxygen atoms in total. The molecule has 8 heteroatoms. The van der Waals surface area contributed by atoms with Crippen molar-refractivity contribution in [3.8, 4) is 11.3 Å². The first-order chi connectivity index (χ1) is 10.7. The maximum Gasteiger partial charge on any atom is 0.180 e. The zero-order chi connectivity index (χ0) is 15.1. The Morgan fingerprint density at radius 1 is 1.32 bits per heavy atom. The Bertz CT molecular complexity index is 836. The minimum atomic E-state index is -0.0367. The number of imidazole rings is 1. The molecule has 1 aliphatic rings. The molecule has 0 aliphatic carbocycles. The summed E-state index contributed by atoms with van der Waals surface area (Å²) in [6, 6.07) is -0.00669. The van der Waals surface area contributed by atoms with Crippen molar-refractivity contribution < 1.29 is 4.84 Å². The number of H-pyrrole nitrogens is 1. The van der Waals surface area contributed by atoms with E-state index in [0.717, 1.165) is 22.6 Å². The molecule has 0 saturated carbocycles. The van der Waals surface area contributed by atoms with E-state index in [-0.39, 0.29) is 12.1 Å². The lowest BCUT2D eigenvalue weighted by Gasteiger charge is -2.16. The molecule has 3 aromatic rings. The number of rotatable bonds is 3. The van der Waals surface area contributed by atoms with Gasteiger partial charge in [-0.05, 0) is 13.8 Å². The molecule has 0 bridgehead atoms. The molecule has 0 saturated heterocycles. The molecule has 0 aromatic carbocycles. The summed E-state index contributed by atoms with van der Waals surface area (Å²) < 4.78 is 1.98. The molecule has 112 valence electrons. The Labute approximate surface area is 126 Å². The van der Waals surface area contributed by atoms with Crippen LogP contribution in [0, 0.1) is 0 Å². The summed E-state index contributed by atoms with van der Waals surface area (Å²) in [7, 11) is 0. The molecule has 3 aromatic heterocycles. The predicted molar refractivity (Wildman–Crippen MR) is 81.6 cm³/mol. The van der Waals surface area contributed by atoms with Crippen LogP contribution in [0.3, 0.4) is 0 Å². The summed E-state index contributed by atoms with van der Waals surface area (Å²) in [5, 5.41) is 14.2. The van der Waals surface area contributed by atoms with Gasteiger partial charge >= 0.3 is 0 Å². The zero-order valence-corrected chi connectivity index (χ0v) is 12.2. The summed E-state index contributed by atoms with van der Waals surface area (Å²) in [6.07, 6.45) is 8.99. The number of anilines is 1. The Kier molecular flexibility index (Phi) is 2.81. The van der Waals surface area contributed by atoms with Gasteiger partial charge < -0.3 is 10.2 Å². The monoisotopic (exact) mass is 297 g/mol. The number of nitrogens with one attached hydrogen (secondary N) is 2. The summed E-state index contributed by atoms with van der Waals surface area (Å²) in [5.74, 6) is 0.703. The van der Waals surface area contributed by atoms with Gasteiger partial charge in [-0.2, -0.15) is 5.10 Å². The fourth-order valence-electron chi connectivity index (χ4n) is 2.62. The quantitative estimate of drug-likeness (QED) is 0.767. The molecule has 0 spiro atoms. The van der Waals surface area contributed by atoms with Crippen molar-refractivity contribution in [1.82, 2.24) is 24.6 Å². The Morgan fingerprint density at radius 2 is 2.23 bits per heavy atom. The van der Waals surface area contributed by atoms with Crippen LogP contribution >= 0.6 is 0 Å². The molecule has 22 heavy (non-hydrogen) atoms. The number of aromatic nitrogens is 5. The summed E-state index contributed by atoms with van der Waals surface area (Å²) in [5.41, 5.74) is 3.58. The number of fused-ring (bicyclic) bond motifs is 1. The third-order valence-electron chi connectivity index (χ3n) is 3.80. The number of hydrogen-bond acceptors (Lipinski definition) is 6. The highest BCUT2D eigenvalue weighted by Gasteiger charge is 2.28. The molecule has 2 N–H and O–H groups in total. The number of hydrogen-bond donors (Lipinski definition) is 2. The normalized spacial score (nSPS) is 20.9. The van der Waals surface area contributed by atoms with Crippen LogP contribution in [0.4, 0.5) is 5.82 Å². The molecule has 4 rings (SSSR count). The van der Waals surface area contributed by atoms with Crippen LogP contribution in [0.15, 0.2) is 36.1 Å². The molecule has 0 fully saturated rings. The fourth-order valence-corrected chi connectivity index (χ4v) is 2.62. The van der Waals surface area contributed by atoms with Crippen LogP contribution in [0.25, 0.3) is 16.9 Å². The zero-order valence-electron chi connectivity index (χ0n) is 12.2. The Morgan fingerprint density at radius 3 is 2.95 bits per heavy atom. The number of oxime groups is 1. The second kappa shape index (κ2) is 4.83. The van der Waals surface area contributed by atoms with E-state index in [9.17, 15) is 0 Å². The van der Waals surface area contributed by atoms with Crippen LogP contribution in [-0.4, -0.2) is 42.4 Å². The molecule has 1 aliphatic heterocycles. The maximum absolute atomic E-state index is 5.28. The highest BCUT2D eigenvalue weighted by atomic mass is 16.6. The van der Waals surface area contributed by atoms with Gasteiger partial charge in [0.25, 0.3) is 0 Å². The largest absolute Gasteiger partial charge is 0.390 e. The van der Waals surface area contributed by atoms with Gasteiger partial charge in [-0.15, -0.1) is 0 Å². The van der Waals surface area contributed by atoms with Crippen molar-refractivity contribution in [3.63, 3.8) is 0 Å². The third-order valence-corrected chi connectivity index (χ3v) is 3.80. The van der Waals surface area contributed by atoms with E-state index in [2.05, 4.69) is 30.6 Å². The first-order valence-electron chi connectivity index (χ1n) is 7.02. The van der Waals surface area contributed by atoms with E-state index in [4.69, 9.17) is 4.84 Å². The van der Waals surface area contributed by atoms with E-state index in [1.54, 1.807) is 12.4 Å². The SMILES string of the molecule is CC1=NOC(C)C1Nc1nccn2c(-c3cn[nH]c3)cnc12. The Hall–Kier alpha value is -2.90. The Balaban J connectivity index is 1.75. The van der Waals surface area contributed by atoms with Gasteiger partial charge in [0, 0.05) is 24.2 Å². The minimum absolute atomic E-state index is 0.00669. The molecule has 2 unspecified atom stereocenters. The van der Waals surface area contributed by atoms with Gasteiger partial charge in [0.1, 0.15) is 12.1 Å². The predicted octanol–water partition coefficient (Wildman–Crippen LogP) is 1.69. The first kappa shape index (κ1) is 12.8. The maximum atomic E-state index is 5.28. The van der Waals surface area contributed by atoms with Crippen LogP contribution in [0.5, 0.6) is 0 Å². The van der Waals surface area contributed by atoms with Crippen molar-refractivity contribution in [2.45, 2.75) is 26.0 Å². The van der Waals surface area contributed by atoms with Gasteiger partial charge in [0.05, 0.1) is 23.8 Å². The van der Waals surface area contributed by atoms with Crippen molar-refractivity contribution in [1.29, 1.82) is 0 Å². The lowest BCUT2D eigenvalue weighted by Crippen LogP contribution is -2.34. The van der Waals surface area contributed by atoms with E-state index in [1.807, 2.05) is 36.8 Å². The third kappa shape index (κ3) is 1.92. The van der Waals surface area contributed by atoms with Gasteiger partial charge in [-0.1, -0.05) is 5.16 Å². The molecular weight excluding hydrogens is 282 g/mol. The number of nitrogens with zero attached hydrogens (tertiary/aromatic N) is 5. The van der Waals surface area contributed by atoms with Gasteiger partial charge in [0.2, 0.25) is 0 Å². The smallest absolute Gasteiger partial charge is 0.180 e. The topological polar surface area (TPSA) is 92.5 Å². The minimum Gasteiger partial charge on any atom is -0.390 e. The molecule has 2 atom stereocenters. The standard InChI is InChI=1S/C14H15N7O/c1-8-12(9(2)22-20-8)19-13-14-16-7-11(10-5-17-18-6-10)21(14)4-3-15-13/h3-7,9,12H,1-2H3,(H,15,19)(H,17,18). The van der Waals surface area contributed by atoms with E-state index >= 15 is 0 Å². The molecular formula is C14H15N7O. The molecule has 0 radical (unpaired) electrons. The average molecular weight is 297 g/mol. The van der Waals surface area contributed by atoms with Gasteiger partial charge in [-0.25, -0.2) is 9.97 Å². The van der Waals surface area contributed by atoms with Crippen LogP contribution < -0.4 is 5.32 Å². The second-order valence-corrected chi connectivity index (χ2v) is 5.27. The van der Waals surface area contributed by atoms with E-state index < -0.39 is 0 Å². The van der Waals surface area contributed by atoms with Crippen LogP contribution in [0.1, 0.15) is 13.8 Å². The first-order valence-corrected chi connectivity index (χ1v) is 7.02. The number of aromatic amines is 1. The van der Waals surface area contributed by atoms with Crippen LogP contribution in [-0.2, 0) is 4.84 Å². The summed E-state index contributed by atoms with van der Waals surface area (Å²) >= 11 is 0. The van der Waals surface area contributed by atoms with Crippen molar-refractivity contribution in [2.75, 3.05) is 5.32 Å². The average Bonchev–Trinajstić information content (AvgIpc) is 3.23. The van der Waals surface area contributed by atoms with Crippen molar-refractivity contribution >= 4 is 17.2 Å². The highest BCUT2D eigenvalue weighted by Crippen LogP contribution is 2.24. The van der Waals surface area contributed by atoms with Gasteiger partial charge in [-0.3, -0.25) is 9.50 Å². The fraction of sp³-hybridized carbons (Fsp3) is 0.286. The molecule has 4 heterocycles. The second-order valence-electron chi connectivity index (χ2n) is 5.27. The summed E-state index contributed by atoms with van der Waals surface area (Å²) in [4.78, 5) is 14.2.